The fourth-order valence-corrected chi connectivity index (χ4v) is 2.06. The van der Waals surface area contributed by atoms with Crippen molar-refractivity contribution in [2.75, 3.05) is 7.11 Å². The zero-order chi connectivity index (χ0) is 14.4. The molecular weight excluding hydrogens is 248 g/mol. The zero-order valence-electron chi connectivity index (χ0n) is 11.2. The molecule has 1 atom stereocenters. The molecule has 0 aliphatic heterocycles. The molecule has 0 radical (unpaired) electrons. The third-order valence-corrected chi connectivity index (χ3v) is 3.17. The van der Waals surface area contributed by atoms with Gasteiger partial charge in [-0.2, -0.15) is 10.5 Å². The molecule has 0 spiro atoms. The van der Waals surface area contributed by atoms with Gasteiger partial charge in [-0.05, 0) is 41.8 Å². The van der Waals surface area contributed by atoms with Crippen LogP contribution in [0.5, 0.6) is 5.75 Å². The highest BCUT2D eigenvalue weighted by Crippen LogP contribution is 2.22. The molecule has 0 aliphatic carbocycles. The smallest absolute Gasteiger partial charge is 0.118 e. The third-order valence-electron chi connectivity index (χ3n) is 3.17. The molecule has 2 aromatic rings. The molecule has 0 heterocycles. The summed E-state index contributed by atoms with van der Waals surface area (Å²) >= 11 is 0. The Hall–Kier alpha value is -2.78. The first-order chi connectivity index (χ1) is 9.76. The van der Waals surface area contributed by atoms with Crippen LogP contribution in [-0.4, -0.2) is 7.11 Å². The first kappa shape index (κ1) is 13.6. The van der Waals surface area contributed by atoms with E-state index >= 15 is 0 Å². The third kappa shape index (κ3) is 3.16. The SMILES string of the molecule is COc1ccc(CC(C#N)c2cccc(C#N)c2)cc1. The van der Waals surface area contributed by atoms with Crippen molar-refractivity contribution in [3.63, 3.8) is 0 Å². The topological polar surface area (TPSA) is 56.8 Å². The Morgan fingerprint density at radius 3 is 2.45 bits per heavy atom. The molecule has 0 amide bonds. The predicted molar refractivity (Wildman–Crippen MR) is 76.2 cm³/mol. The monoisotopic (exact) mass is 262 g/mol. The van der Waals surface area contributed by atoms with Crippen molar-refractivity contribution >= 4 is 0 Å². The van der Waals surface area contributed by atoms with Crippen LogP contribution in [0.4, 0.5) is 0 Å². The molecule has 0 bridgehead atoms. The van der Waals surface area contributed by atoms with Crippen LogP contribution in [0.2, 0.25) is 0 Å². The molecule has 3 nitrogen and oxygen atoms in total. The highest BCUT2D eigenvalue weighted by Gasteiger charge is 2.12. The van der Waals surface area contributed by atoms with E-state index in [9.17, 15) is 5.26 Å². The van der Waals surface area contributed by atoms with Gasteiger partial charge in [0, 0.05) is 0 Å². The van der Waals surface area contributed by atoms with Gasteiger partial charge in [0.25, 0.3) is 0 Å². The second-order valence-electron chi connectivity index (χ2n) is 4.47. The fraction of sp³-hybridized carbons (Fsp3) is 0.176. The van der Waals surface area contributed by atoms with Crippen LogP contribution in [0.3, 0.4) is 0 Å². The fourth-order valence-electron chi connectivity index (χ4n) is 2.06. The van der Waals surface area contributed by atoms with Gasteiger partial charge in [0.05, 0.1) is 30.7 Å². The lowest BCUT2D eigenvalue weighted by Crippen LogP contribution is -2.01. The van der Waals surface area contributed by atoms with Gasteiger partial charge in [0.1, 0.15) is 5.75 Å². The number of hydrogen-bond acceptors (Lipinski definition) is 3. The number of rotatable bonds is 4. The Bertz CT molecular complexity index is 663. The van der Waals surface area contributed by atoms with E-state index in [1.807, 2.05) is 36.4 Å². The molecule has 0 N–H and O–H groups in total. The van der Waals surface area contributed by atoms with Crippen molar-refractivity contribution < 1.29 is 4.74 Å². The van der Waals surface area contributed by atoms with Crippen LogP contribution in [0.1, 0.15) is 22.6 Å². The molecule has 0 saturated carbocycles. The molecule has 0 saturated heterocycles. The van der Waals surface area contributed by atoms with Crippen LogP contribution >= 0.6 is 0 Å². The number of ether oxygens (including phenoxy) is 1. The minimum Gasteiger partial charge on any atom is -0.497 e. The second kappa shape index (κ2) is 6.41. The van der Waals surface area contributed by atoms with E-state index in [4.69, 9.17) is 10.00 Å². The molecule has 20 heavy (non-hydrogen) atoms. The average molecular weight is 262 g/mol. The Morgan fingerprint density at radius 2 is 1.85 bits per heavy atom. The van der Waals surface area contributed by atoms with Gasteiger partial charge >= 0.3 is 0 Å². The van der Waals surface area contributed by atoms with Crippen molar-refractivity contribution in [2.45, 2.75) is 12.3 Å². The van der Waals surface area contributed by atoms with E-state index in [-0.39, 0.29) is 5.92 Å². The van der Waals surface area contributed by atoms with Crippen molar-refractivity contribution in [1.29, 1.82) is 10.5 Å². The highest BCUT2D eigenvalue weighted by molar-refractivity contribution is 5.38. The largest absolute Gasteiger partial charge is 0.497 e. The maximum Gasteiger partial charge on any atom is 0.118 e. The van der Waals surface area contributed by atoms with Crippen molar-refractivity contribution in [3.8, 4) is 17.9 Å². The lowest BCUT2D eigenvalue weighted by molar-refractivity contribution is 0.414. The first-order valence-electron chi connectivity index (χ1n) is 6.29. The summed E-state index contributed by atoms with van der Waals surface area (Å²) in [5, 5.41) is 18.3. The minimum absolute atomic E-state index is 0.253. The van der Waals surface area contributed by atoms with E-state index in [2.05, 4.69) is 12.1 Å². The van der Waals surface area contributed by atoms with Gasteiger partial charge < -0.3 is 4.74 Å². The van der Waals surface area contributed by atoms with E-state index in [0.29, 0.717) is 12.0 Å². The summed E-state index contributed by atoms with van der Waals surface area (Å²) in [6.45, 7) is 0. The van der Waals surface area contributed by atoms with E-state index < -0.39 is 0 Å². The average Bonchev–Trinajstić information content (AvgIpc) is 2.53. The Balaban J connectivity index is 2.20. The van der Waals surface area contributed by atoms with Gasteiger partial charge in [-0.1, -0.05) is 24.3 Å². The maximum absolute atomic E-state index is 9.35. The molecule has 0 aromatic heterocycles. The number of nitrogens with zero attached hydrogens (tertiary/aromatic N) is 2. The van der Waals surface area contributed by atoms with E-state index in [0.717, 1.165) is 16.9 Å². The molecule has 1 unspecified atom stereocenters. The molecule has 2 aromatic carbocycles. The number of nitriles is 2. The molecular formula is C17H14N2O. The number of hydrogen-bond donors (Lipinski definition) is 0. The molecule has 0 aliphatic rings. The zero-order valence-corrected chi connectivity index (χ0v) is 11.2. The standard InChI is InChI=1S/C17H14N2O/c1-20-17-7-5-13(6-8-17)9-16(12-19)15-4-2-3-14(10-15)11-18/h2-8,10,16H,9H2,1H3. The van der Waals surface area contributed by atoms with Crippen LogP contribution in [0.25, 0.3) is 0 Å². The van der Waals surface area contributed by atoms with Gasteiger partial charge in [-0.15, -0.1) is 0 Å². The summed E-state index contributed by atoms with van der Waals surface area (Å²) in [5.41, 5.74) is 2.53. The summed E-state index contributed by atoms with van der Waals surface area (Å²) in [6.07, 6.45) is 0.620. The van der Waals surface area contributed by atoms with Gasteiger partial charge in [0.2, 0.25) is 0 Å². The van der Waals surface area contributed by atoms with Crippen LogP contribution in [-0.2, 0) is 6.42 Å². The van der Waals surface area contributed by atoms with Crippen molar-refractivity contribution in [2.24, 2.45) is 0 Å². The first-order valence-corrected chi connectivity index (χ1v) is 6.29. The van der Waals surface area contributed by atoms with Crippen LogP contribution in [0, 0.1) is 22.7 Å². The Kier molecular flexibility index (Phi) is 4.37. The van der Waals surface area contributed by atoms with Gasteiger partial charge in [-0.3, -0.25) is 0 Å². The summed E-state index contributed by atoms with van der Waals surface area (Å²) in [5.74, 6) is 0.547. The summed E-state index contributed by atoms with van der Waals surface area (Å²) in [4.78, 5) is 0. The van der Waals surface area contributed by atoms with Crippen molar-refractivity contribution in [1.82, 2.24) is 0 Å². The van der Waals surface area contributed by atoms with Gasteiger partial charge in [-0.25, -0.2) is 0 Å². The second-order valence-corrected chi connectivity index (χ2v) is 4.47. The molecule has 2 rings (SSSR count). The van der Waals surface area contributed by atoms with E-state index in [1.54, 1.807) is 19.2 Å². The highest BCUT2D eigenvalue weighted by atomic mass is 16.5. The lowest BCUT2D eigenvalue weighted by atomic mass is 9.92. The van der Waals surface area contributed by atoms with Gasteiger partial charge in [0.15, 0.2) is 0 Å². The van der Waals surface area contributed by atoms with Crippen molar-refractivity contribution in [3.05, 3.63) is 65.2 Å². The summed E-state index contributed by atoms with van der Waals surface area (Å²) in [7, 11) is 1.63. The molecule has 98 valence electrons. The Labute approximate surface area is 118 Å². The van der Waals surface area contributed by atoms with Crippen LogP contribution in [0.15, 0.2) is 48.5 Å². The summed E-state index contributed by atoms with van der Waals surface area (Å²) in [6, 6.07) is 19.3. The number of benzene rings is 2. The minimum atomic E-state index is -0.253. The predicted octanol–water partition coefficient (Wildman–Crippen LogP) is 3.42. The Morgan fingerprint density at radius 1 is 1.10 bits per heavy atom. The lowest BCUT2D eigenvalue weighted by Gasteiger charge is -2.10. The van der Waals surface area contributed by atoms with E-state index in [1.165, 1.54) is 0 Å². The summed E-state index contributed by atoms with van der Waals surface area (Å²) < 4.78 is 5.11. The quantitative estimate of drug-likeness (QED) is 0.848. The molecule has 3 heteroatoms. The molecule has 0 fully saturated rings. The van der Waals surface area contributed by atoms with Crippen LogP contribution < -0.4 is 4.74 Å². The maximum atomic E-state index is 9.35. The normalized spacial score (nSPS) is 11.2. The number of methoxy groups -OCH3 is 1.